The Balaban J connectivity index is 1.70. The Kier molecular flexibility index (Phi) is 7.42. The summed E-state index contributed by atoms with van der Waals surface area (Å²) >= 11 is 1.26. The smallest absolute Gasteiger partial charge is 0.315 e. The fraction of sp³-hybridized carbons (Fsp3) is 0.529. The van der Waals surface area contributed by atoms with Crippen molar-refractivity contribution in [3.63, 3.8) is 0 Å². The molecule has 1 heterocycles. The molecule has 1 amide bonds. The number of carbonyl (C=O) groups excluding carboxylic acids is 2. The lowest BCUT2D eigenvalue weighted by atomic mass is 10.2. The van der Waals surface area contributed by atoms with E-state index in [0.29, 0.717) is 6.61 Å². The summed E-state index contributed by atoms with van der Waals surface area (Å²) in [4.78, 5) is 25.5. The van der Waals surface area contributed by atoms with Gasteiger partial charge in [0.1, 0.15) is 0 Å². The Labute approximate surface area is 141 Å². The molecule has 0 atom stereocenters. The van der Waals surface area contributed by atoms with Gasteiger partial charge in [-0.05, 0) is 50.6 Å². The summed E-state index contributed by atoms with van der Waals surface area (Å²) in [6.45, 7) is 5.47. The van der Waals surface area contributed by atoms with Crippen LogP contribution in [0.25, 0.3) is 0 Å². The standard InChI is InChI=1S/C17H24N2O3S/c1-2-22-17(21)13-23-12-16(20)18-15-7-5-14(6-8-15)11-19-9-3-4-10-19/h5-8H,2-4,9-13H2,1H3,(H,18,20). The number of thioether (sulfide) groups is 1. The van der Waals surface area contributed by atoms with Crippen molar-refractivity contribution < 1.29 is 14.3 Å². The Morgan fingerprint density at radius 1 is 1.17 bits per heavy atom. The lowest BCUT2D eigenvalue weighted by Crippen LogP contribution is -2.18. The minimum Gasteiger partial charge on any atom is -0.465 e. The highest BCUT2D eigenvalue weighted by Gasteiger charge is 2.11. The molecule has 0 radical (unpaired) electrons. The van der Waals surface area contributed by atoms with Crippen LogP contribution in [0.1, 0.15) is 25.3 Å². The number of rotatable bonds is 8. The van der Waals surface area contributed by atoms with Gasteiger partial charge in [0.2, 0.25) is 5.91 Å². The zero-order valence-corrected chi connectivity index (χ0v) is 14.4. The first-order valence-electron chi connectivity index (χ1n) is 8.02. The molecule has 6 heteroatoms. The summed E-state index contributed by atoms with van der Waals surface area (Å²) in [5, 5.41) is 2.84. The van der Waals surface area contributed by atoms with Gasteiger partial charge in [-0.2, -0.15) is 0 Å². The first-order chi connectivity index (χ1) is 11.2. The third kappa shape index (κ3) is 6.62. The first-order valence-corrected chi connectivity index (χ1v) is 9.17. The summed E-state index contributed by atoms with van der Waals surface area (Å²) in [7, 11) is 0. The second-order valence-corrected chi connectivity index (χ2v) is 6.51. The van der Waals surface area contributed by atoms with E-state index in [4.69, 9.17) is 4.74 Å². The summed E-state index contributed by atoms with van der Waals surface area (Å²) in [5.74, 6) is 0.0628. The van der Waals surface area contributed by atoms with Crippen LogP contribution in [0.5, 0.6) is 0 Å². The van der Waals surface area contributed by atoms with E-state index in [1.807, 2.05) is 12.1 Å². The fourth-order valence-electron chi connectivity index (χ4n) is 2.52. The van der Waals surface area contributed by atoms with E-state index in [-0.39, 0.29) is 23.4 Å². The largest absolute Gasteiger partial charge is 0.465 e. The van der Waals surface area contributed by atoms with E-state index in [0.717, 1.165) is 12.2 Å². The van der Waals surface area contributed by atoms with Crippen molar-refractivity contribution in [3.05, 3.63) is 29.8 Å². The molecule has 1 saturated heterocycles. The van der Waals surface area contributed by atoms with Crippen LogP contribution in [-0.2, 0) is 20.9 Å². The van der Waals surface area contributed by atoms with Crippen molar-refractivity contribution in [2.75, 3.05) is 36.5 Å². The molecule has 126 valence electrons. The van der Waals surface area contributed by atoms with Crippen molar-refractivity contribution in [2.24, 2.45) is 0 Å². The molecule has 1 aliphatic rings. The first kappa shape index (κ1) is 17.8. The molecule has 1 N–H and O–H groups in total. The maximum atomic E-state index is 11.8. The number of nitrogens with zero attached hydrogens (tertiary/aromatic N) is 1. The zero-order chi connectivity index (χ0) is 16.5. The van der Waals surface area contributed by atoms with Gasteiger partial charge in [-0.1, -0.05) is 12.1 Å². The molecular formula is C17H24N2O3S. The van der Waals surface area contributed by atoms with Gasteiger partial charge in [-0.3, -0.25) is 14.5 Å². The molecular weight excluding hydrogens is 312 g/mol. The molecule has 1 aromatic carbocycles. The Bertz CT molecular complexity index is 513. The topological polar surface area (TPSA) is 58.6 Å². The van der Waals surface area contributed by atoms with E-state index >= 15 is 0 Å². The van der Waals surface area contributed by atoms with Crippen molar-refractivity contribution in [1.29, 1.82) is 0 Å². The van der Waals surface area contributed by atoms with Crippen molar-refractivity contribution in [2.45, 2.75) is 26.3 Å². The average molecular weight is 336 g/mol. The van der Waals surface area contributed by atoms with Gasteiger partial charge >= 0.3 is 5.97 Å². The number of likely N-dealkylation sites (tertiary alicyclic amines) is 1. The fourth-order valence-corrected chi connectivity index (χ4v) is 3.13. The monoisotopic (exact) mass is 336 g/mol. The maximum absolute atomic E-state index is 11.8. The highest BCUT2D eigenvalue weighted by molar-refractivity contribution is 8.00. The Morgan fingerprint density at radius 3 is 2.52 bits per heavy atom. The predicted octanol–water partition coefficient (Wildman–Crippen LogP) is 2.52. The Morgan fingerprint density at radius 2 is 1.87 bits per heavy atom. The lowest BCUT2D eigenvalue weighted by Gasteiger charge is -2.14. The summed E-state index contributed by atoms with van der Waals surface area (Å²) in [5.41, 5.74) is 2.05. The number of benzene rings is 1. The molecule has 0 aromatic heterocycles. The highest BCUT2D eigenvalue weighted by atomic mass is 32.2. The molecule has 1 fully saturated rings. The molecule has 1 aliphatic heterocycles. The van der Waals surface area contributed by atoms with Crippen LogP contribution in [0.4, 0.5) is 5.69 Å². The molecule has 23 heavy (non-hydrogen) atoms. The third-order valence-electron chi connectivity index (χ3n) is 3.60. The number of hydrogen-bond donors (Lipinski definition) is 1. The molecule has 1 aromatic rings. The molecule has 0 saturated carbocycles. The number of hydrogen-bond acceptors (Lipinski definition) is 5. The molecule has 0 unspecified atom stereocenters. The summed E-state index contributed by atoms with van der Waals surface area (Å²) < 4.78 is 4.81. The second-order valence-electron chi connectivity index (χ2n) is 5.53. The number of nitrogens with one attached hydrogen (secondary N) is 1. The van der Waals surface area contributed by atoms with E-state index in [2.05, 4.69) is 22.3 Å². The van der Waals surface area contributed by atoms with Crippen LogP contribution in [0, 0.1) is 0 Å². The molecule has 0 aliphatic carbocycles. The predicted molar refractivity (Wildman–Crippen MR) is 93.5 cm³/mol. The summed E-state index contributed by atoms with van der Waals surface area (Å²) in [6, 6.07) is 7.97. The van der Waals surface area contributed by atoms with Gasteiger partial charge in [-0.15, -0.1) is 11.8 Å². The number of anilines is 1. The third-order valence-corrected chi connectivity index (χ3v) is 4.51. The molecule has 0 bridgehead atoms. The van der Waals surface area contributed by atoms with Crippen molar-refractivity contribution in [1.82, 2.24) is 4.90 Å². The van der Waals surface area contributed by atoms with E-state index in [1.54, 1.807) is 6.92 Å². The molecule has 5 nitrogen and oxygen atoms in total. The number of ether oxygens (including phenoxy) is 1. The van der Waals surface area contributed by atoms with Crippen molar-refractivity contribution >= 4 is 29.3 Å². The van der Waals surface area contributed by atoms with Crippen LogP contribution in [-0.4, -0.2) is 48.0 Å². The van der Waals surface area contributed by atoms with Gasteiger partial charge in [0.15, 0.2) is 0 Å². The van der Waals surface area contributed by atoms with Gasteiger partial charge in [0.05, 0.1) is 18.1 Å². The van der Waals surface area contributed by atoms with Gasteiger partial charge in [0.25, 0.3) is 0 Å². The number of carbonyl (C=O) groups is 2. The second kappa shape index (κ2) is 9.57. The van der Waals surface area contributed by atoms with Crippen molar-refractivity contribution in [3.8, 4) is 0 Å². The Hall–Kier alpha value is -1.53. The average Bonchev–Trinajstić information content (AvgIpc) is 3.02. The SMILES string of the molecule is CCOC(=O)CSCC(=O)Nc1ccc(CN2CCCC2)cc1. The minimum atomic E-state index is -0.281. The molecule has 0 spiro atoms. The van der Waals surface area contributed by atoms with Crippen LogP contribution in [0.2, 0.25) is 0 Å². The quantitative estimate of drug-likeness (QED) is 0.739. The zero-order valence-electron chi connectivity index (χ0n) is 13.5. The van der Waals surface area contributed by atoms with Crippen LogP contribution < -0.4 is 5.32 Å². The highest BCUT2D eigenvalue weighted by Crippen LogP contribution is 2.15. The van der Waals surface area contributed by atoms with Crippen LogP contribution in [0.15, 0.2) is 24.3 Å². The maximum Gasteiger partial charge on any atom is 0.315 e. The van der Waals surface area contributed by atoms with E-state index in [9.17, 15) is 9.59 Å². The number of amides is 1. The van der Waals surface area contributed by atoms with E-state index in [1.165, 1.54) is 43.3 Å². The van der Waals surface area contributed by atoms with E-state index < -0.39 is 0 Å². The van der Waals surface area contributed by atoms with Crippen LogP contribution >= 0.6 is 11.8 Å². The number of esters is 1. The van der Waals surface area contributed by atoms with Gasteiger partial charge in [0, 0.05) is 12.2 Å². The summed E-state index contributed by atoms with van der Waals surface area (Å²) in [6.07, 6.45) is 2.58. The normalized spacial score (nSPS) is 14.7. The lowest BCUT2D eigenvalue weighted by molar-refractivity contribution is -0.139. The van der Waals surface area contributed by atoms with Crippen LogP contribution in [0.3, 0.4) is 0 Å². The molecule has 2 rings (SSSR count). The van der Waals surface area contributed by atoms with Gasteiger partial charge in [-0.25, -0.2) is 0 Å². The van der Waals surface area contributed by atoms with Gasteiger partial charge < -0.3 is 10.1 Å². The minimum absolute atomic E-state index is 0.105.